The van der Waals surface area contributed by atoms with E-state index < -0.39 is 10.0 Å². The molecule has 0 atom stereocenters. The van der Waals surface area contributed by atoms with Crippen LogP contribution >= 0.6 is 0 Å². The molecule has 1 saturated heterocycles. The van der Waals surface area contributed by atoms with Crippen LogP contribution in [-0.2, 0) is 15.4 Å². The Morgan fingerprint density at radius 2 is 1.88 bits per heavy atom. The number of sulfonamides is 1. The Morgan fingerprint density at radius 3 is 2.61 bits per heavy atom. The van der Waals surface area contributed by atoms with Gasteiger partial charge in [-0.2, -0.15) is 0 Å². The maximum Gasteiger partial charge on any atom is 0.240 e. The molecule has 3 aromatic rings. The Bertz CT molecular complexity index is 1290. The Balaban J connectivity index is 1.40. The first kappa shape index (κ1) is 22.1. The second-order valence-electron chi connectivity index (χ2n) is 8.85. The van der Waals surface area contributed by atoms with Gasteiger partial charge in [0, 0.05) is 38.1 Å². The molecule has 8 heteroatoms. The SMILES string of the molecule is COc1ccc(S(=O)(=O)NCC2(c3cccc4cc(F)ccc34)CC2)cc1N1CCNCC1. The van der Waals surface area contributed by atoms with Gasteiger partial charge in [-0.15, -0.1) is 0 Å². The lowest BCUT2D eigenvalue weighted by atomic mass is 9.91. The molecular weight excluding hydrogens is 441 g/mol. The first-order valence-electron chi connectivity index (χ1n) is 11.2. The molecule has 0 aromatic heterocycles. The van der Waals surface area contributed by atoms with Crippen LogP contribution in [0.3, 0.4) is 0 Å². The zero-order valence-corrected chi connectivity index (χ0v) is 19.4. The second kappa shape index (κ2) is 8.59. The molecule has 5 rings (SSSR count). The molecule has 3 aromatic carbocycles. The molecule has 6 nitrogen and oxygen atoms in total. The molecule has 33 heavy (non-hydrogen) atoms. The fourth-order valence-corrected chi connectivity index (χ4v) is 5.86. The molecule has 1 saturated carbocycles. The predicted octanol–water partition coefficient (Wildman–Crippen LogP) is 3.41. The van der Waals surface area contributed by atoms with Crippen molar-refractivity contribution in [3.8, 4) is 5.75 Å². The number of methoxy groups -OCH3 is 1. The van der Waals surface area contributed by atoms with Gasteiger partial charge in [-0.05, 0) is 59.5 Å². The van der Waals surface area contributed by atoms with Crippen LogP contribution in [0.5, 0.6) is 5.75 Å². The minimum absolute atomic E-state index is 0.229. The minimum atomic E-state index is -3.72. The molecule has 0 unspecified atom stereocenters. The van der Waals surface area contributed by atoms with Crippen molar-refractivity contribution in [2.75, 3.05) is 44.7 Å². The van der Waals surface area contributed by atoms with E-state index in [1.54, 1.807) is 31.4 Å². The van der Waals surface area contributed by atoms with Gasteiger partial charge in [0.1, 0.15) is 11.6 Å². The third-order valence-electron chi connectivity index (χ3n) is 6.79. The van der Waals surface area contributed by atoms with Crippen molar-refractivity contribution in [3.05, 3.63) is 66.0 Å². The van der Waals surface area contributed by atoms with Crippen LogP contribution in [0.2, 0.25) is 0 Å². The van der Waals surface area contributed by atoms with Crippen molar-refractivity contribution in [1.29, 1.82) is 0 Å². The summed E-state index contributed by atoms with van der Waals surface area (Å²) in [4.78, 5) is 2.37. The number of nitrogens with one attached hydrogen (secondary N) is 2. The first-order chi connectivity index (χ1) is 15.9. The normalized spacial score (nSPS) is 17.8. The van der Waals surface area contributed by atoms with Gasteiger partial charge in [-0.3, -0.25) is 0 Å². The van der Waals surface area contributed by atoms with Crippen LogP contribution in [0.1, 0.15) is 18.4 Å². The lowest BCUT2D eigenvalue weighted by molar-refractivity contribution is 0.412. The molecule has 174 valence electrons. The average molecular weight is 470 g/mol. The molecule has 2 fully saturated rings. The summed E-state index contributed by atoms with van der Waals surface area (Å²) >= 11 is 0. The van der Waals surface area contributed by atoms with Gasteiger partial charge in [-0.25, -0.2) is 17.5 Å². The molecular formula is C25H28FN3O3S. The summed E-state index contributed by atoms with van der Waals surface area (Å²) < 4.78 is 48.5. The molecule has 2 aliphatic rings. The van der Waals surface area contributed by atoms with Crippen LogP contribution in [0.15, 0.2) is 59.5 Å². The van der Waals surface area contributed by atoms with Gasteiger partial charge in [-0.1, -0.05) is 24.3 Å². The monoisotopic (exact) mass is 469 g/mol. The Morgan fingerprint density at radius 1 is 1.09 bits per heavy atom. The maximum atomic E-state index is 13.7. The number of fused-ring (bicyclic) bond motifs is 1. The van der Waals surface area contributed by atoms with Crippen molar-refractivity contribution in [2.24, 2.45) is 0 Å². The number of rotatable bonds is 7. The molecule has 0 radical (unpaired) electrons. The van der Waals surface area contributed by atoms with Crippen molar-refractivity contribution < 1.29 is 17.5 Å². The van der Waals surface area contributed by atoms with Gasteiger partial charge in [0.05, 0.1) is 17.7 Å². The van der Waals surface area contributed by atoms with Crippen molar-refractivity contribution in [2.45, 2.75) is 23.2 Å². The number of halogens is 1. The van der Waals surface area contributed by atoms with E-state index in [9.17, 15) is 12.8 Å². The molecule has 1 aliphatic heterocycles. The first-order valence-corrected chi connectivity index (χ1v) is 12.7. The third kappa shape index (κ3) is 4.30. The zero-order valence-electron chi connectivity index (χ0n) is 18.6. The van der Waals surface area contributed by atoms with Crippen LogP contribution < -0.4 is 19.7 Å². The average Bonchev–Trinajstić information content (AvgIpc) is 3.63. The fourth-order valence-electron chi connectivity index (χ4n) is 4.72. The summed E-state index contributed by atoms with van der Waals surface area (Å²) in [5, 5.41) is 5.11. The molecule has 0 spiro atoms. The van der Waals surface area contributed by atoms with E-state index in [1.165, 1.54) is 12.1 Å². The smallest absolute Gasteiger partial charge is 0.240 e. The van der Waals surface area contributed by atoms with Crippen LogP contribution in [0.25, 0.3) is 10.8 Å². The number of nitrogens with zero attached hydrogens (tertiary/aromatic N) is 1. The number of anilines is 1. The Hall–Kier alpha value is -2.68. The standard InChI is InChI=1S/C25H28FN3O3S/c1-32-24-8-6-20(16-23(24)29-13-11-27-12-14-29)33(30,31)28-17-25(9-10-25)22-4-2-3-18-15-19(26)5-7-21(18)22/h2-8,15-16,27-28H,9-14,17H2,1H3. The van der Waals surface area contributed by atoms with Gasteiger partial charge in [0.2, 0.25) is 10.0 Å². The minimum Gasteiger partial charge on any atom is -0.495 e. The largest absolute Gasteiger partial charge is 0.495 e. The number of hydrogen-bond donors (Lipinski definition) is 2. The maximum absolute atomic E-state index is 13.7. The second-order valence-corrected chi connectivity index (χ2v) is 10.6. The molecule has 2 N–H and O–H groups in total. The van der Waals surface area contributed by atoms with Crippen LogP contribution in [0.4, 0.5) is 10.1 Å². The highest BCUT2D eigenvalue weighted by Crippen LogP contribution is 2.50. The van der Waals surface area contributed by atoms with Crippen molar-refractivity contribution in [3.63, 3.8) is 0 Å². The van der Waals surface area contributed by atoms with Gasteiger partial charge in [0.15, 0.2) is 0 Å². The topological polar surface area (TPSA) is 70.7 Å². The highest BCUT2D eigenvalue weighted by atomic mass is 32.2. The van der Waals surface area contributed by atoms with Gasteiger partial charge < -0.3 is 15.0 Å². The van der Waals surface area contributed by atoms with E-state index in [2.05, 4.69) is 14.9 Å². The van der Waals surface area contributed by atoms with Crippen LogP contribution in [-0.4, -0.2) is 48.3 Å². The zero-order chi connectivity index (χ0) is 23.1. The summed E-state index contributed by atoms with van der Waals surface area (Å²) in [6.45, 7) is 3.57. The highest BCUT2D eigenvalue weighted by molar-refractivity contribution is 7.89. The predicted molar refractivity (Wildman–Crippen MR) is 128 cm³/mol. The molecule has 1 heterocycles. The van der Waals surface area contributed by atoms with E-state index in [4.69, 9.17) is 4.74 Å². The van der Waals surface area contributed by atoms with Crippen molar-refractivity contribution >= 4 is 26.5 Å². The van der Waals surface area contributed by atoms with E-state index in [1.807, 2.05) is 18.2 Å². The van der Waals surface area contributed by atoms with E-state index >= 15 is 0 Å². The van der Waals surface area contributed by atoms with Gasteiger partial charge >= 0.3 is 0 Å². The number of hydrogen-bond acceptors (Lipinski definition) is 5. The number of benzene rings is 3. The highest BCUT2D eigenvalue weighted by Gasteiger charge is 2.45. The van der Waals surface area contributed by atoms with Crippen molar-refractivity contribution in [1.82, 2.24) is 10.0 Å². The summed E-state index contributed by atoms with van der Waals surface area (Å²) in [6, 6.07) is 15.6. The summed E-state index contributed by atoms with van der Waals surface area (Å²) in [5.41, 5.74) is 1.59. The summed E-state index contributed by atoms with van der Waals surface area (Å²) in [5.74, 6) is 0.391. The van der Waals surface area contributed by atoms with E-state index in [0.717, 1.165) is 61.0 Å². The number of piperazine rings is 1. The quantitative estimate of drug-likeness (QED) is 0.555. The van der Waals surface area contributed by atoms with Crippen LogP contribution in [0, 0.1) is 5.82 Å². The molecule has 1 aliphatic carbocycles. The Kier molecular flexibility index (Phi) is 5.76. The number of ether oxygens (including phenoxy) is 1. The molecule has 0 amide bonds. The lowest BCUT2D eigenvalue weighted by Gasteiger charge is -2.31. The van der Waals surface area contributed by atoms with E-state index in [-0.39, 0.29) is 16.1 Å². The van der Waals surface area contributed by atoms with Gasteiger partial charge in [0.25, 0.3) is 0 Å². The Labute approximate surface area is 193 Å². The van der Waals surface area contributed by atoms with E-state index in [0.29, 0.717) is 12.3 Å². The molecule has 0 bridgehead atoms. The lowest BCUT2D eigenvalue weighted by Crippen LogP contribution is -2.43. The summed E-state index contributed by atoms with van der Waals surface area (Å²) in [6.07, 6.45) is 1.78. The fraction of sp³-hybridized carbons (Fsp3) is 0.360. The summed E-state index contributed by atoms with van der Waals surface area (Å²) in [7, 11) is -2.12. The third-order valence-corrected chi connectivity index (χ3v) is 8.19.